The third kappa shape index (κ3) is 8.31. The van der Waals surface area contributed by atoms with E-state index in [2.05, 4.69) is 0 Å². The van der Waals surface area contributed by atoms with Crippen LogP contribution in [0, 0.1) is 28.7 Å². The van der Waals surface area contributed by atoms with Crippen molar-refractivity contribution in [2.24, 2.45) is 5.41 Å². The van der Waals surface area contributed by atoms with Crippen LogP contribution in [0.4, 0.5) is 27.2 Å². The van der Waals surface area contributed by atoms with Crippen LogP contribution in [0.25, 0.3) is 5.57 Å². The number of aryl methyl sites for hydroxylation is 1. The number of carbonyl (C=O) groups is 3. The maximum absolute atomic E-state index is 15.2. The van der Waals surface area contributed by atoms with Gasteiger partial charge in [0, 0.05) is 42.2 Å². The van der Waals surface area contributed by atoms with E-state index in [0.717, 1.165) is 24.5 Å². The first-order valence-electron chi connectivity index (χ1n) is 19.6. The maximum Gasteiger partial charge on any atom is 0.411 e. The van der Waals surface area contributed by atoms with Gasteiger partial charge in [0.15, 0.2) is 23.0 Å². The number of rotatable bonds is 13. The zero-order chi connectivity index (χ0) is 42.4. The van der Waals surface area contributed by atoms with Crippen molar-refractivity contribution in [1.29, 1.82) is 0 Å². The lowest BCUT2D eigenvalue weighted by atomic mass is 9.66. The lowest BCUT2D eigenvalue weighted by molar-refractivity contribution is -0.132. The summed E-state index contributed by atoms with van der Waals surface area (Å²) in [5, 5.41) is 0. The first-order valence-corrected chi connectivity index (χ1v) is 20.7. The molecule has 2 saturated heterocycles. The Balaban J connectivity index is 1.23. The lowest BCUT2D eigenvalue weighted by Crippen LogP contribution is -2.72. The van der Waals surface area contributed by atoms with Gasteiger partial charge in [-0.15, -0.1) is 0 Å². The molecule has 3 atom stereocenters. The fourth-order valence-electron chi connectivity index (χ4n) is 8.38. The maximum atomic E-state index is 15.2. The molecule has 7 rings (SSSR count). The van der Waals surface area contributed by atoms with Gasteiger partial charge in [0.1, 0.15) is 5.82 Å². The molecule has 9 nitrogen and oxygen atoms in total. The van der Waals surface area contributed by atoms with Crippen LogP contribution in [0.15, 0.2) is 66.2 Å². The quantitative estimate of drug-likeness (QED) is 0.0736. The third-order valence-electron chi connectivity index (χ3n) is 11.7. The fraction of sp³-hybridized carbons (Fsp3) is 0.465. The number of halogens is 7. The first-order chi connectivity index (χ1) is 28.0. The Morgan fingerprint density at radius 1 is 0.898 bits per heavy atom. The largest absolute Gasteiger partial charge is 0.488 e. The molecule has 3 amide bonds. The summed E-state index contributed by atoms with van der Waals surface area (Å²) in [5.41, 5.74) is 0.492. The number of hydrogen-bond donors (Lipinski definition) is 0. The Labute approximate surface area is 355 Å². The number of carbonyl (C=O) groups excluding carboxylic acids is 3. The molecule has 316 valence electrons. The second kappa shape index (κ2) is 16.7. The summed E-state index contributed by atoms with van der Waals surface area (Å²) < 4.78 is 71.5. The summed E-state index contributed by atoms with van der Waals surface area (Å²) in [6.45, 7) is 5.23. The SMILES string of the molecule is CCCOC(=O)N1CC2N(C(=O)OC(C)(C)C(Cl)(Cl)Cl)C3C(C(=O)N(Cc4ccccc4F)C4CC4)=C(c4ccc(CCCOc5c(F)ccc(F)c5F)cc4)CC23C1. The number of allylic oxidation sites excluding steroid dienone is 1. The number of nitrogens with zero attached hydrogens (tertiary/aromatic N) is 3. The zero-order valence-corrected chi connectivity index (χ0v) is 35.0. The van der Waals surface area contributed by atoms with Crippen molar-refractivity contribution in [1.82, 2.24) is 14.7 Å². The van der Waals surface area contributed by atoms with E-state index in [1.807, 2.05) is 31.2 Å². The van der Waals surface area contributed by atoms with Gasteiger partial charge < -0.3 is 24.0 Å². The molecule has 1 saturated carbocycles. The van der Waals surface area contributed by atoms with Gasteiger partial charge in [-0.05, 0) is 87.3 Å². The van der Waals surface area contributed by atoms with E-state index in [0.29, 0.717) is 54.0 Å². The molecule has 4 aliphatic rings. The van der Waals surface area contributed by atoms with Crippen molar-refractivity contribution in [3.05, 3.63) is 106 Å². The Morgan fingerprint density at radius 2 is 1.59 bits per heavy atom. The minimum Gasteiger partial charge on any atom is -0.488 e. The van der Waals surface area contributed by atoms with Crippen LogP contribution < -0.4 is 4.74 Å². The van der Waals surface area contributed by atoms with Gasteiger partial charge in [-0.2, -0.15) is 4.39 Å². The van der Waals surface area contributed by atoms with E-state index < -0.39 is 68.1 Å². The van der Waals surface area contributed by atoms with Crippen LogP contribution in [0.3, 0.4) is 0 Å². The van der Waals surface area contributed by atoms with Crippen molar-refractivity contribution >= 4 is 58.5 Å². The zero-order valence-electron chi connectivity index (χ0n) is 32.7. The highest BCUT2D eigenvalue weighted by Gasteiger charge is 2.73. The Hall–Kier alpha value is -4.20. The molecule has 2 aliphatic heterocycles. The van der Waals surface area contributed by atoms with Crippen LogP contribution in [0.5, 0.6) is 5.75 Å². The average molecular weight is 881 g/mol. The van der Waals surface area contributed by atoms with Crippen LogP contribution in [0.2, 0.25) is 0 Å². The summed E-state index contributed by atoms with van der Waals surface area (Å²) in [4.78, 5) is 47.6. The Morgan fingerprint density at radius 3 is 2.25 bits per heavy atom. The Kier molecular flexibility index (Phi) is 12.1. The predicted molar refractivity (Wildman–Crippen MR) is 214 cm³/mol. The van der Waals surface area contributed by atoms with Crippen molar-refractivity contribution in [2.75, 3.05) is 26.3 Å². The summed E-state index contributed by atoms with van der Waals surface area (Å²) in [6.07, 6.45) is 1.80. The van der Waals surface area contributed by atoms with Gasteiger partial charge in [0.05, 0.1) is 25.3 Å². The topological polar surface area (TPSA) is 88.6 Å². The summed E-state index contributed by atoms with van der Waals surface area (Å²) >= 11 is 18.7. The predicted octanol–water partition coefficient (Wildman–Crippen LogP) is 9.79. The van der Waals surface area contributed by atoms with E-state index >= 15 is 9.18 Å². The lowest BCUT2D eigenvalue weighted by Gasteiger charge is -2.57. The van der Waals surface area contributed by atoms with Gasteiger partial charge >= 0.3 is 12.2 Å². The Bertz CT molecular complexity index is 2150. The van der Waals surface area contributed by atoms with Crippen LogP contribution in [-0.2, 0) is 27.2 Å². The van der Waals surface area contributed by atoms with E-state index in [1.165, 1.54) is 24.8 Å². The number of alkyl halides is 3. The molecular weight excluding hydrogens is 837 g/mol. The number of likely N-dealkylation sites (tertiary alicyclic amines) is 2. The standard InChI is InChI=1S/C43H44Cl3F4N3O6/c1-4-19-58-39(55)51-23-33-42(24-51)21-29(26-13-11-25(12-14-26)8-7-20-57-36-32(49)18-17-31(48)35(36)50)34(37(42)53(33)40(56)59-41(2,3)43(44,45)46)38(54)52(28-15-16-28)22-27-9-5-6-10-30(27)47/h5-6,9-14,17-18,28,33,37H,4,7-8,15-16,19-24H2,1-3H3. The van der Waals surface area contributed by atoms with Gasteiger partial charge in [0.25, 0.3) is 5.91 Å². The molecule has 3 fully saturated rings. The number of hydrogen-bond acceptors (Lipinski definition) is 6. The van der Waals surface area contributed by atoms with E-state index in [9.17, 15) is 22.8 Å². The first kappa shape index (κ1) is 42.9. The molecule has 0 radical (unpaired) electrons. The summed E-state index contributed by atoms with van der Waals surface area (Å²) in [7, 11) is 0. The number of ether oxygens (including phenoxy) is 3. The molecule has 2 aliphatic carbocycles. The second-order valence-corrected chi connectivity index (χ2v) is 18.4. The van der Waals surface area contributed by atoms with Crippen LogP contribution >= 0.6 is 34.8 Å². The van der Waals surface area contributed by atoms with Crippen LogP contribution in [0.1, 0.15) is 69.6 Å². The molecule has 3 unspecified atom stereocenters. The van der Waals surface area contributed by atoms with Gasteiger partial charge in [0.2, 0.25) is 9.61 Å². The van der Waals surface area contributed by atoms with Crippen molar-refractivity contribution in [2.45, 2.75) is 93.4 Å². The minimum absolute atomic E-state index is 0.000737. The number of amides is 3. The highest BCUT2D eigenvalue weighted by atomic mass is 35.6. The van der Waals surface area contributed by atoms with Crippen molar-refractivity contribution < 1.29 is 46.2 Å². The van der Waals surface area contributed by atoms with E-state index in [4.69, 9.17) is 49.0 Å². The normalized spacial score (nSPS) is 21.2. The molecule has 0 bridgehead atoms. The minimum atomic E-state index is -2.01. The van der Waals surface area contributed by atoms with Gasteiger partial charge in [-0.1, -0.05) is 84.2 Å². The van der Waals surface area contributed by atoms with Crippen molar-refractivity contribution in [3.63, 3.8) is 0 Å². The molecule has 1 spiro atoms. The molecule has 16 heteroatoms. The monoisotopic (exact) mass is 879 g/mol. The summed E-state index contributed by atoms with van der Waals surface area (Å²) in [6, 6.07) is 13.6. The molecule has 2 heterocycles. The summed E-state index contributed by atoms with van der Waals surface area (Å²) in [5.74, 6) is -5.19. The fourth-order valence-corrected chi connectivity index (χ4v) is 8.49. The van der Waals surface area contributed by atoms with Gasteiger partial charge in [-0.3, -0.25) is 9.69 Å². The molecule has 0 N–H and O–H groups in total. The smallest absolute Gasteiger partial charge is 0.411 e. The van der Waals surface area contributed by atoms with Crippen molar-refractivity contribution in [3.8, 4) is 5.75 Å². The molecule has 0 aromatic heterocycles. The van der Waals surface area contributed by atoms with Gasteiger partial charge in [-0.25, -0.2) is 22.8 Å². The molecule has 3 aromatic carbocycles. The second-order valence-electron chi connectivity index (χ2n) is 16.1. The third-order valence-corrected chi connectivity index (χ3v) is 13.0. The number of benzene rings is 3. The highest BCUT2D eigenvalue weighted by molar-refractivity contribution is 6.68. The molecular formula is C43H44Cl3F4N3O6. The average Bonchev–Trinajstić information content (AvgIpc) is 3.93. The van der Waals surface area contributed by atoms with Crippen LogP contribution in [-0.4, -0.2) is 86.6 Å². The van der Waals surface area contributed by atoms with E-state index in [1.54, 1.807) is 28.0 Å². The van der Waals surface area contributed by atoms with E-state index in [-0.39, 0.29) is 44.8 Å². The highest BCUT2D eigenvalue weighted by Crippen LogP contribution is 2.63. The molecule has 3 aromatic rings. The molecule has 59 heavy (non-hydrogen) atoms.